The summed E-state index contributed by atoms with van der Waals surface area (Å²) in [6.07, 6.45) is 2.43. The van der Waals surface area contributed by atoms with Gasteiger partial charge in [-0.15, -0.1) is 0 Å². The van der Waals surface area contributed by atoms with Crippen molar-refractivity contribution in [1.29, 1.82) is 0 Å². The minimum Gasteiger partial charge on any atom is -0.274 e. The molecule has 0 bridgehead atoms. The van der Waals surface area contributed by atoms with Gasteiger partial charge in [0.05, 0.1) is 5.92 Å². The van der Waals surface area contributed by atoms with Gasteiger partial charge in [0, 0.05) is 12.6 Å². The van der Waals surface area contributed by atoms with Crippen molar-refractivity contribution in [2.75, 3.05) is 4.90 Å². The van der Waals surface area contributed by atoms with Crippen LogP contribution in [0.3, 0.4) is 0 Å². The van der Waals surface area contributed by atoms with Crippen LogP contribution in [0.4, 0.5) is 5.82 Å². The molecule has 0 unspecified atom stereocenters. The molecule has 1 fully saturated rings. The van der Waals surface area contributed by atoms with Crippen LogP contribution in [0.5, 0.6) is 0 Å². The zero-order valence-electron chi connectivity index (χ0n) is 10.9. The Kier molecular flexibility index (Phi) is 3.29. The summed E-state index contributed by atoms with van der Waals surface area (Å²) < 4.78 is 0. The number of carbonyl (C=O) groups excluding carboxylic acids is 2. The highest BCUT2D eigenvalue weighted by Crippen LogP contribution is 2.27. The number of pyridine rings is 1. The Morgan fingerprint density at radius 3 is 2.50 bits per heavy atom. The summed E-state index contributed by atoms with van der Waals surface area (Å²) in [6.45, 7) is 0. The largest absolute Gasteiger partial charge is 0.274 e. The molecule has 0 spiro atoms. The van der Waals surface area contributed by atoms with Gasteiger partial charge in [-0.05, 0) is 24.1 Å². The number of benzene rings is 1. The molecule has 0 radical (unpaired) electrons. The normalized spacial score (nSPS) is 18.6. The third kappa shape index (κ3) is 2.32. The Balaban J connectivity index is 1.81. The highest BCUT2D eigenvalue weighted by atomic mass is 16.2. The number of imide groups is 1. The van der Waals surface area contributed by atoms with Gasteiger partial charge in [-0.1, -0.05) is 36.4 Å². The molecule has 20 heavy (non-hydrogen) atoms. The second-order valence-electron chi connectivity index (χ2n) is 4.85. The monoisotopic (exact) mass is 266 g/mol. The minimum absolute atomic E-state index is 0.155. The third-order valence-electron chi connectivity index (χ3n) is 3.44. The van der Waals surface area contributed by atoms with E-state index < -0.39 is 0 Å². The molecule has 3 rings (SSSR count). The van der Waals surface area contributed by atoms with Crippen LogP contribution in [-0.2, 0) is 16.0 Å². The predicted octanol–water partition coefficient (Wildman–Crippen LogP) is 2.20. The summed E-state index contributed by atoms with van der Waals surface area (Å²) in [7, 11) is 0. The summed E-state index contributed by atoms with van der Waals surface area (Å²) in [6, 6.07) is 15.0. The van der Waals surface area contributed by atoms with Crippen LogP contribution in [0.15, 0.2) is 54.7 Å². The standard InChI is InChI=1S/C16H14N2O2/c19-15-11-13(10-12-6-2-1-3-7-12)16(20)18(15)14-8-4-5-9-17-14/h1-9,13H,10-11H2/t13-/m0/s1. The van der Waals surface area contributed by atoms with Gasteiger partial charge in [0.1, 0.15) is 5.82 Å². The van der Waals surface area contributed by atoms with E-state index in [1.54, 1.807) is 24.4 Å². The Morgan fingerprint density at radius 2 is 1.80 bits per heavy atom. The Morgan fingerprint density at radius 1 is 1.05 bits per heavy atom. The van der Waals surface area contributed by atoms with E-state index >= 15 is 0 Å². The van der Waals surface area contributed by atoms with Gasteiger partial charge in [-0.3, -0.25) is 9.59 Å². The van der Waals surface area contributed by atoms with Gasteiger partial charge in [0.15, 0.2) is 0 Å². The summed E-state index contributed by atoms with van der Waals surface area (Å²) in [5.74, 6) is -0.197. The fourth-order valence-corrected chi connectivity index (χ4v) is 2.48. The first kappa shape index (κ1) is 12.5. The maximum atomic E-state index is 12.4. The Hall–Kier alpha value is -2.49. The van der Waals surface area contributed by atoms with E-state index in [9.17, 15) is 9.59 Å². The molecule has 1 aromatic heterocycles. The average Bonchev–Trinajstić information content (AvgIpc) is 2.75. The fourth-order valence-electron chi connectivity index (χ4n) is 2.48. The van der Waals surface area contributed by atoms with Gasteiger partial charge >= 0.3 is 0 Å². The quantitative estimate of drug-likeness (QED) is 0.800. The van der Waals surface area contributed by atoms with Gasteiger partial charge < -0.3 is 0 Å². The second kappa shape index (κ2) is 5.25. The van der Waals surface area contributed by atoms with Crippen LogP contribution in [0, 0.1) is 5.92 Å². The van der Waals surface area contributed by atoms with E-state index in [4.69, 9.17) is 0 Å². The topological polar surface area (TPSA) is 50.3 Å². The lowest BCUT2D eigenvalue weighted by molar-refractivity contribution is -0.122. The molecule has 2 aromatic rings. The molecule has 4 nitrogen and oxygen atoms in total. The second-order valence-corrected chi connectivity index (χ2v) is 4.85. The van der Waals surface area contributed by atoms with Gasteiger partial charge in [-0.25, -0.2) is 9.88 Å². The molecule has 1 atom stereocenters. The molecular weight excluding hydrogens is 252 g/mol. The first-order valence-corrected chi connectivity index (χ1v) is 6.57. The number of anilines is 1. The van der Waals surface area contributed by atoms with Crippen molar-refractivity contribution in [3.8, 4) is 0 Å². The van der Waals surface area contributed by atoms with Crippen molar-refractivity contribution in [3.63, 3.8) is 0 Å². The van der Waals surface area contributed by atoms with E-state index in [2.05, 4.69) is 4.98 Å². The maximum absolute atomic E-state index is 12.4. The van der Waals surface area contributed by atoms with Gasteiger partial charge in [-0.2, -0.15) is 0 Å². The van der Waals surface area contributed by atoms with Crippen molar-refractivity contribution >= 4 is 17.6 Å². The van der Waals surface area contributed by atoms with Crippen LogP contribution in [0.1, 0.15) is 12.0 Å². The Labute approximate surface area is 117 Å². The van der Waals surface area contributed by atoms with Crippen LogP contribution in [0.2, 0.25) is 0 Å². The lowest BCUT2D eigenvalue weighted by Crippen LogP contribution is -2.31. The first-order valence-electron chi connectivity index (χ1n) is 6.57. The molecule has 100 valence electrons. The summed E-state index contributed by atoms with van der Waals surface area (Å²) in [5, 5.41) is 0. The lowest BCUT2D eigenvalue weighted by atomic mass is 9.98. The van der Waals surface area contributed by atoms with Crippen molar-refractivity contribution < 1.29 is 9.59 Å². The summed E-state index contributed by atoms with van der Waals surface area (Å²) in [4.78, 5) is 29.7. The van der Waals surface area contributed by atoms with Crippen molar-refractivity contribution in [2.24, 2.45) is 5.92 Å². The third-order valence-corrected chi connectivity index (χ3v) is 3.44. The molecular formula is C16H14N2O2. The highest BCUT2D eigenvalue weighted by Gasteiger charge is 2.39. The zero-order chi connectivity index (χ0) is 13.9. The smallest absolute Gasteiger partial charge is 0.238 e. The number of hydrogen-bond donors (Lipinski definition) is 0. The molecule has 1 saturated heterocycles. The Bertz CT molecular complexity index is 625. The minimum atomic E-state index is -0.285. The van der Waals surface area contributed by atoms with Gasteiger partial charge in [0.25, 0.3) is 0 Å². The van der Waals surface area contributed by atoms with Crippen LogP contribution in [-0.4, -0.2) is 16.8 Å². The number of rotatable bonds is 3. The number of nitrogens with zero attached hydrogens (tertiary/aromatic N) is 2. The number of amides is 2. The van der Waals surface area contributed by atoms with E-state index in [1.165, 1.54) is 4.90 Å². The van der Waals surface area contributed by atoms with Crippen molar-refractivity contribution in [2.45, 2.75) is 12.8 Å². The molecule has 1 aliphatic rings. The molecule has 1 aliphatic heterocycles. The van der Waals surface area contributed by atoms with E-state index in [1.807, 2.05) is 30.3 Å². The van der Waals surface area contributed by atoms with E-state index in [0.29, 0.717) is 12.2 Å². The first-order chi connectivity index (χ1) is 9.75. The van der Waals surface area contributed by atoms with E-state index in [-0.39, 0.29) is 24.2 Å². The summed E-state index contributed by atoms with van der Waals surface area (Å²) in [5.41, 5.74) is 1.07. The lowest BCUT2D eigenvalue weighted by Gasteiger charge is -2.13. The molecule has 4 heteroatoms. The van der Waals surface area contributed by atoms with Crippen LogP contribution in [0.25, 0.3) is 0 Å². The van der Waals surface area contributed by atoms with Crippen molar-refractivity contribution in [3.05, 3.63) is 60.3 Å². The molecule has 1 aromatic carbocycles. The zero-order valence-corrected chi connectivity index (χ0v) is 10.9. The maximum Gasteiger partial charge on any atom is 0.238 e. The van der Waals surface area contributed by atoms with Gasteiger partial charge in [0.2, 0.25) is 11.8 Å². The SMILES string of the molecule is O=C1C[C@H](Cc2ccccc2)C(=O)N1c1ccccn1. The molecule has 2 amide bonds. The molecule has 0 aliphatic carbocycles. The van der Waals surface area contributed by atoms with Crippen LogP contribution >= 0.6 is 0 Å². The number of hydrogen-bond acceptors (Lipinski definition) is 3. The van der Waals surface area contributed by atoms with Crippen LogP contribution < -0.4 is 4.90 Å². The fraction of sp³-hybridized carbons (Fsp3) is 0.188. The average molecular weight is 266 g/mol. The summed E-state index contributed by atoms with van der Waals surface area (Å²) >= 11 is 0. The molecule has 0 saturated carbocycles. The van der Waals surface area contributed by atoms with Crippen molar-refractivity contribution in [1.82, 2.24) is 4.98 Å². The number of carbonyl (C=O) groups is 2. The van der Waals surface area contributed by atoms with E-state index in [0.717, 1.165) is 5.56 Å². The number of aromatic nitrogens is 1. The molecule has 2 heterocycles. The molecule has 0 N–H and O–H groups in total. The highest BCUT2D eigenvalue weighted by molar-refractivity contribution is 6.20. The predicted molar refractivity (Wildman–Crippen MR) is 75.0 cm³/mol.